The second kappa shape index (κ2) is 6.12. The zero-order chi connectivity index (χ0) is 14.7. The molecular formula is C17H20N2O2. The highest BCUT2D eigenvalue weighted by molar-refractivity contribution is 5.66. The first-order chi connectivity index (χ1) is 10.3. The Kier molecular flexibility index (Phi) is 4.04. The van der Waals surface area contributed by atoms with Gasteiger partial charge in [-0.25, -0.2) is 0 Å². The summed E-state index contributed by atoms with van der Waals surface area (Å²) in [6.45, 7) is 0. The van der Waals surface area contributed by atoms with E-state index in [0.717, 1.165) is 25.7 Å². The third-order valence-corrected chi connectivity index (χ3v) is 4.22. The number of nitrogens with one attached hydrogen (secondary N) is 1. The minimum Gasteiger partial charge on any atom is -0.493 e. The molecular weight excluding hydrogens is 264 g/mol. The Bertz CT molecular complexity index is 656. The van der Waals surface area contributed by atoms with Gasteiger partial charge in [0.05, 0.1) is 0 Å². The fraction of sp³-hybridized carbons (Fsp3) is 0.412. The summed E-state index contributed by atoms with van der Waals surface area (Å²) in [5.74, 6) is 0.735. The van der Waals surface area contributed by atoms with Crippen molar-refractivity contribution in [3.8, 4) is 17.0 Å². The van der Waals surface area contributed by atoms with Crippen LogP contribution in [0.1, 0.15) is 50.3 Å². The summed E-state index contributed by atoms with van der Waals surface area (Å²) in [6.07, 6.45) is 6.88. The standard InChI is InChI=1S/C17H20N2O2/c20-16-14(12-8-6-3-7-9-12)17(21)19-15(18-16)13-10-4-1-2-5-11-13/h3,6-9,13H,1-2,4-5,10-11H2,(H2,18,19,20,21). The SMILES string of the molecule is O=c1[nH]c(C2CCCCCC2)nc(O)c1-c1ccccc1. The number of aromatic nitrogens is 2. The van der Waals surface area contributed by atoms with Gasteiger partial charge in [-0.3, -0.25) is 4.79 Å². The molecule has 1 aromatic carbocycles. The molecule has 0 amide bonds. The Hall–Kier alpha value is -2.10. The number of aromatic amines is 1. The van der Waals surface area contributed by atoms with Crippen molar-refractivity contribution in [2.24, 2.45) is 0 Å². The molecule has 1 aromatic heterocycles. The minimum atomic E-state index is -0.257. The number of H-pyrrole nitrogens is 1. The van der Waals surface area contributed by atoms with Crippen LogP contribution in [0.5, 0.6) is 5.88 Å². The average molecular weight is 284 g/mol. The Morgan fingerprint density at radius 1 is 1.05 bits per heavy atom. The van der Waals surface area contributed by atoms with Gasteiger partial charge >= 0.3 is 0 Å². The topological polar surface area (TPSA) is 66.0 Å². The summed E-state index contributed by atoms with van der Waals surface area (Å²) in [5.41, 5.74) is 0.692. The molecule has 4 nitrogen and oxygen atoms in total. The van der Waals surface area contributed by atoms with Crippen molar-refractivity contribution in [2.45, 2.75) is 44.4 Å². The van der Waals surface area contributed by atoms with Crippen molar-refractivity contribution in [3.63, 3.8) is 0 Å². The lowest BCUT2D eigenvalue weighted by Crippen LogP contribution is -2.16. The highest BCUT2D eigenvalue weighted by Gasteiger charge is 2.20. The normalized spacial score (nSPS) is 16.6. The minimum absolute atomic E-state index is 0.163. The van der Waals surface area contributed by atoms with Crippen molar-refractivity contribution >= 4 is 0 Å². The lowest BCUT2D eigenvalue weighted by molar-refractivity contribution is 0.442. The van der Waals surface area contributed by atoms with E-state index in [9.17, 15) is 9.90 Å². The summed E-state index contributed by atoms with van der Waals surface area (Å²) < 4.78 is 0. The van der Waals surface area contributed by atoms with Crippen LogP contribution in [0.15, 0.2) is 35.1 Å². The van der Waals surface area contributed by atoms with Gasteiger partial charge in [0.25, 0.3) is 5.56 Å². The monoisotopic (exact) mass is 284 g/mol. The number of benzene rings is 1. The highest BCUT2D eigenvalue weighted by Crippen LogP contribution is 2.31. The molecule has 0 atom stereocenters. The maximum absolute atomic E-state index is 12.3. The van der Waals surface area contributed by atoms with Crippen LogP contribution in [0, 0.1) is 0 Å². The van der Waals surface area contributed by atoms with E-state index in [4.69, 9.17) is 0 Å². The molecule has 1 fully saturated rings. The Morgan fingerprint density at radius 3 is 2.33 bits per heavy atom. The molecule has 21 heavy (non-hydrogen) atoms. The summed E-state index contributed by atoms with van der Waals surface area (Å²) in [4.78, 5) is 19.5. The smallest absolute Gasteiger partial charge is 0.262 e. The highest BCUT2D eigenvalue weighted by atomic mass is 16.3. The second-order valence-electron chi connectivity index (χ2n) is 5.70. The largest absolute Gasteiger partial charge is 0.493 e. The van der Waals surface area contributed by atoms with Crippen molar-refractivity contribution in [1.82, 2.24) is 9.97 Å². The van der Waals surface area contributed by atoms with Gasteiger partial charge in [-0.1, -0.05) is 56.0 Å². The first-order valence-corrected chi connectivity index (χ1v) is 7.64. The fourth-order valence-electron chi connectivity index (χ4n) is 3.09. The van der Waals surface area contributed by atoms with Gasteiger partial charge < -0.3 is 10.1 Å². The predicted octanol–water partition coefficient (Wildman–Crippen LogP) is 3.58. The van der Waals surface area contributed by atoms with Gasteiger partial charge in [-0.05, 0) is 18.4 Å². The molecule has 110 valence electrons. The maximum Gasteiger partial charge on any atom is 0.262 e. The van der Waals surface area contributed by atoms with Gasteiger partial charge in [0.1, 0.15) is 11.4 Å². The molecule has 4 heteroatoms. The summed E-state index contributed by atoms with van der Waals surface area (Å²) in [7, 11) is 0. The molecule has 0 saturated heterocycles. The summed E-state index contributed by atoms with van der Waals surface area (Å²) >= 11 is 0. The van der Waals surface area contributed by atoms with E-state index in [1.807, 2.05) is 18.2 Å². The quantitative estimate of drug-likeness (QED) is 0.828. The number of hydrogen-bond donors (Lipinski definition) is 2. The molecule has 1 aliphatic carbocycles. The molecule has 2 N–H and O–H groups in total. The predicted molar refractivity (Wildman–Crippen MR) is 82.4 cm³/mol. The molecule has 0 spiro atoms. The Balaban J connectivity index is 1.98. The van der Waals surface area contributed by atoms with Gasteiger partial charge in [-0.2, -0.15) is 4.98 Å². The van der Waals surface area contributed by atoms with Crippen LogP contribution in [0.25, 0.3) is 11.1 Å². The third-order valence-electron chi connectivity index (χ3n) is 4.22. The zero-order valence-corrected chi connectivity index (χ0v) is 12.0. The molecule has 1 saturated carbocycles. The molecule has 3 rings (SSSR count). The molecule has 1 aliphatic rings. The molecule has 0 aliphatic heterocycles. The fourth-order valence-corrected chi connectivity index (χ4v) is 3.09. The van der Waals surface area contributed by atoms with Crippen molar-refractivity contribution in [2.75, 3.05) is 0 Å². The van der Waals surface area contributed by atoms with Crippen LogP contribution in [0.4, 0.5) is 0 Å². The van der Waals surface area contributed by atoms with Crippen LogP contribution in [0.2, 0.25) is 0 Å². The summed E-state index contributed by atoms with van der Waals surface area (Å²) in [6, 6.07) is 9.16. The van der Waals surface area contributed by atoms with E-state index in [0.29, 0.717) is 11.4 Å². The third kappa shape index (κ3) is 2.99. The van der Waals surface area contributed by atoms with Crippen molar-refractivity contribution in [3.05, 3.63) is 46.5 Å². The number of hydrogen-bond acceptors (Lipinski definition) is 3. The van der Waals surface area contributed by atoms with Crippen LogP contribution in [0.3, 0.4) is 0 Å². The van der Waals surface area contributed by atoms with E-state index >= 15 is 0 Å². The number of rotatable bonds is 2. The molecule has 0 radical (unpaired) electrons. The first kappa shape index (κ1) is 13.9. The molecule has 0 bridgehead atoms. The Morgan fingerprint density at radius 2 is 1.71 bits per heavy atom. The van der Waals surface area contributed by atoms with Gasteiger partial charge in [0, 0.05) is 5.92 Å². The van der Waals surface area contributed by atoms with E-state index in [-0.39, 0.29) is 22.9 Å². The lowest BCUT2D eigenvalue weighted by Gasteiger charge is -2.14. The molecule has 1 heterocycles. The second-order valence-corrected chi connectivity index (χ2v) is 5.70. The van der Waals surface area contributed by atoms with Crippen LogP contribution < -0.4 is 5.56 Å². The van der Waals surface area contributed by atoms with Crippen LogP contribution >= 0.6 is 0 Å². The number of nitrogens with zero attached hydrogens (tertiary/aromatic N) is 1. The molecule has 2 aromatic rings. The van der Waals surface area contributed by atoms with E-state index in [1.165, 1.54) is 12.8 Å². The summed E-state index contributed by atoms with van der Waals surface area (Å²) in [5, 5.41) is 10.2. The Labute approximate surface area is 123 Å². The lowest BCUT2D eigenvalue weighted by atomic mass is 9.99. The van der Waals surface area contributed by atoms with Crippen molar-refractivity contribution < 1.29 is 5.11 Å². The molecule has 0 unspecified atom stereocenters. The average Bonchev–Trinajstić information content (AvgIpc) is 2.76. The number of aromatic hydroxyl groups is 1. The van der Waals surface area contributed by atoms with E-state index in [1.54, 1.807) is 12.1 Å². The first-order valence-electron chi connectivity index (χ1n) is 7.64. The van der Waals surface area contributed by atoms with Gasteiger partial charge in [0.15, 0.2) is 0 Å². The zero-order valence-electron chi connectivity index (χ0n) is 12.0. The van der Waals surface area contributed by atoms with Crippen molar-refractivity contribution in [1.29, 1.82) is 0 Å². The van der Waals surface area contributed by atoms with Gasteiger partial charge in [0.2, 0.25) is 5.88 Å². The van der Waals surface area contributed by atoms with Gasteiger partial charge in [-0.15, -0.1) is 0 Å². The van der Waals surface area contributed by atoms with E-state index in [2.05, 4.69) is 9.97 Å². The van der Waals surface area contributed by atoms with E-state index < -0.39 is 0 Å². The van der Waals surface area contributed by atoms with Crippen LogP contribution in [-0.2, 0) is 0 Å². The van der Waals surface area contributed by atoms with Crippen LogP contribution in [-0.4, -0.2) is 15.1 Å². The maximum atomic E-state index is 12.3.